The first kappa shape index (κ1) is 32.4. The predicted octanol–water partition coefficient (Wildman–Crippen LogP) is 7.49. The van der Waals surface area contributed by atoms with E-state index in [1.54, 1.807) is 38.1 Å². The van der Waals surface area contributed by atoms with Gasteiger partial charge in [0, 0.05) is 55.7 Å². The van der Waals surface area contributed by atoms with E-state index in [0.717, 1.165) is 47.3 Å². The summed E-state index contributed by atoms with van der Waals surface area (Å²) >= 11 is 0. The van der Waals surface area contributed by atoms with Gasteiger partial charge in [0.05, 0.1) is 0 Å². The average molecular weight is 640 g/mol. The molecule has 0 saturated heterocycles. The molecule has 0 radical (unpaired) electrons. The van der Waals surface area contributed by atoms with Gasteiger partial charge in [0.2, 0.25) is 5.91 Å². The number of pyridine rings is 2. The molecule has 0 bridgehead atoms. The molecular weight excluding hydrogens is 598 g/mol. The van der Waals surface area contributed by atoms with Crippen molar-refractivity contribution < 1.29 is 14.3 Å². The van der Waals surface area contributed by atoms with E-state index in [1.165, 1.54) is 22.4 Å². The van der Waals surface area contributed by atoms with Gasteiger partial charge in [-0.1, -0.05) is 54.6 Å². The van der Waals surface area contributed by atoms with E-state index in [4.69, 9.17) is 4.74 Å². The van der Waals surface area contributed by atoms with Crippen LogP contribution in [0.1, 0.15) is 37.5 Å². The molecule has 1 atom stereocenters. The van der Waals surface area contributed by atoms with Crippen LogP contribution in [0.5, 0.6) is 0 Å². The molecular formula is C40H41N5O3. The number of hydrogen-bond acceptors (Lipinski definition) is 6. The minimum absolute atomic E-state index is 0.143. The maximum atomic E-state index is 13.7. The highest BCUT2D eigenvalue weighted by Crippen LogP contribution is 2.33. The molecule has 2 N–H and O–H groups in total. The van der Waals surface area contributed by atoms with Gasteiger partial charge in [0.15, 0.2) is 0 Å². The summed E-state index contributed by atoms with van der Waals surface area (Å²) in [6.45, 7) is 7.05. The molecule has 4 heterocycles. The molecule has 7 rings (SSSR count). The lowest BCUT2D eigenvalue weighted by Crippen LogP contribution is -2.50. The van der Waals surface area contributed by atoms with Crippen LogP contribution in [-0.4, -0.2) is 46.7 Å². The third-order valence-corrected chi connectivity index (χ3v) is 8.37. The van der Waals surface area contributed by atoms with Crippen LogP contribution >= 0.6 is 0 Å². The molecule has 8 heteroatoms. The predicted molar refractivity (Wildman–Crippen MR) is 191 cm³/mol. The van der Waals surface area contributed by atoms with Gasteiger partial charge >= 0.3 is 6.09 Å². The average Bonchev–Trinajstić information content (AvgIpc) is 3.75. The highest BCUT2D eigenvalue weighted by molar-refractivity contribution is 6.01. The Labute approximate surface area is 282 Å². The number of rotatable bonds is 6. The fourth-order valence-corrected chi connectivity index (χ4v) is 6.03. The largest absolute Gasteiger partial charge is 0.444 e. The Morgan fingerprint density at radius 3 is 2.06 bits per heavy atom. The lowest BCUT2D eigenvalue weighted by Gasteiger charge is -2.27. The Kier molecular flexibility index (Phi) is 9.80. The summed E-state index contributed by atoms with van der Waals surface area (Å²) in [7, 11) is 0. The second-order valence-corrected chi connectivity index (χ2v) is 13.0. The number of nitrogens with zero attached hydrogens (tertiary/aromatic N) is 3. The number of aromatic nitrogens is 2. The van der Waals surface area contributed by atoms with Crippen LogP contribution in [0.25, 0.3) is 22.3 Å². The third kappa shape index (κ3) is 8.07. The van der Waals surface area contributed by atoms with E-state index < -0.39 is 17.7 Å². The Bertz CT molecular complexity index is 1860. The number of carbonyl (C=O) groups excluding carboxylic acids is 2. The zero-order valence-corrected chi connectivity index (χ0v) is 27.6. The molecule has 0 aliphatic carbocycles. The number of amides is 2. The van der Waals surface area contributed by atoms with Crippen LogP contribution in [0.3, 0.4) is 0 Å². The molecule has 2 aliphatic heterocycles. The molecule has 0 fully saturated rings. The van der Waals surface area contributed by atoms with E-state index in [2.05, 4.69) is 50.9 Å². The summed E-state index contributed by atoms with van der Waals surface area (Å²) in [5.41, 5.74) is 9.58. The molecule has 0 unspecified atom stereocenters. The zero-order valence-electron chi connectivity index (χ0n) is 27.6. The summed E-state index contributed by atoms with van der Waals surface area (Å²) in [6, 6.07) is 29.7. The van der Waals surface area contributed by atoms with Gasteiger partial charge in [0.25, 0.3) is 0 Å². The second kappa shape index (κ2) is 14.5. The number of alkyl carbamates (subject to hydrolysis) is 1. The monoisotopic (exact) mass is 639 g/mol. The number of ether oxygens (including phenoxy) is 1. The summed E-state index contributed by atoms with van der Waals surface area (Å²) in [5, 5.41) is 6.21. The quantitative estimate of drug-likeness (QED) is 0.200. The van der Waals surface area contributed by atoms with Crippen LogP contribution in [0, 0.1) is 0 Å². The van der Waals surface area contributed by atoms with Crippen LogP contribution < -0.4 is 15.5 Å². The van der Waals surface area contributed by atoms with Gasteiger partial charge in [-0.25, -0.2) is 4.79 Å². The van der Waals surface area contributed by atoms with Gasteiger partial charge in [-0.05, 0) is 109 Å². The van der Waals surface area contributed by atoms with Gasteiger partial charge in [-0.2, -0.15) is 0 Å². The summed E-state index contributed by atoms with van der Waals surface area (Å²) < 4.78 is 5.44. The molecule has 5 aromatic rings. The zero-order chi connectivity index (χ0) is 33.5. The molecule has 48 heavy (non-hydrogen) atoms. The molecule has 2 aliphatic rings. The van der Waals surface area contributed by atoms with Gasteiger partial charge in [-0.3, -0.25) is 14.8 Å². The fraction of sp³-hybridized carbons (Fsp3) is 0.250. The number of anilines is 2. The maximum absolute atomic E-state index is 13.7. The summed E-state index contributed by atoms with van der Waals surface area (Å²) in [4.78, 5) is 36.2. The van der Waals surface area contributed by atoms with Crippen LogP contribution in [0.2, 0.25) is 0 Å². The summed E-state index contributed by atoms with van der Waals surface area (Å²) in [6.07, 6.45) is 8.88. The van der Waals surface area contributed by atoms with Crippen molar-refractivity contribution in [2.75, 3.05) is 23.3 Å². The van der Waals surface area contributed by atoms with E-state index in [-0.39, 0.29) is 5.91 Å². The van der Waals surface area contributed by atoms with E-state index in [0.29, 0.717) is 13.0 Å². The smallest absolute Gasteiger partial charge is 0.408 e. The topological polar surface area (TPSA) is 96.5 Å². The van der Waals surface area contributed by atoms with Crippen molar-refractivity contribution in [3.63, 3.8) is 0 Å². The van der Waals surface area contributed by atoms with E-state index in [9.17, 15) is 9.59 Å². The van der Waals surface area contributed by atoms with Gasteiger partial charge < -0.3 is 20.3 Å². The second-order valence-electron chi connectivity index (χ2n) is 13.0. The van der Waals surface area contributed by atoms with Crippen molar-refractivity contribution in [3.8, 4) is 22.3 Å². The Balaban J connectivity index is 0.000000221. The molecule has 3 aromatic carbocycles. The maximum Gasteiger partial charge on any atom is 0.408 e. The van der Waals surface area contributed by atoms with Crippen molar-refractivity contribution in [2.45, 2.75) is 51.7 Å². The standard InChI is InChI=1S/C27H29N3O3.C13H12N2/c1-27(2,3)33-26(32)29-23(17-19-7-5-4-6-8-19)25(31)30-16-13-21-9-10-22(18-24(21)30)20-11-14-28-15-12-20;1-2-12(10-3-6-14-7-4-10)9-13-11(1)5-8-15-13/h4-12,14-15,18,23H,13,16-17H2,1-3H3,(H,29,32);1-4,6-7,9,15H,5,8H2/t23-;/m0./s1. The number of benzene rings is 3. The highest BCUT2D eigenvalue weighted by Gasteiger charge is 2.32. The first-order valence-corrected chi connectivity index (χ1v) is 16.4. The van der Waals surface area contributed by atoms with E-state index in [1.807, 2.05) is 73.1 Å². The van der Waals surface area contributed by atoms with Crippen molar-refractivity contribution in [1.82, 2.24) is 15.3 Å². The molecule has 2 amide bonds. The minimum atomic E-state index is -0.738. The van der Waals surface area contributed by atoms with Crippen molar-refractivity contribution in [3.05, 3.63) is 132 Å². The van der Waals surface area contributed by atoms with Crippen molar-refractivity contribution in [1.29, 1.82) is 0 Å². The lowest BCUT2D eigenvalue weighted by molar-refractivity contribution is -0.120. The number of carbonyl (C=O) groups is 2. The van der Waals surface area contributed by atoms with Crippen LogP contribution in [-0.2, 0) is 28.8 Å². The number of hydrogen-bond donors (Lipinski definition) is 2. The van der Waals surface area contributed by atoms with E-state index >= 15 is 0 Å². The van der Waals surface area contributed by atoms with Crippen molar-refractivity contribution >= 4 is 23.4 Å². The normalized spacial score (nSPS) is 13.7. The number of nitrogens with one attached hydrogen (secondary N) is 2. The van der Waals surface area contributed by atoms with Crippen molar-refractivity contribution in [2.24, 2.45) is 0 Å². The number of fused-ring (bicyclic) bond motifs is 2. The molecule has 8 nitrogen and oxygen atoms in total. The third-order valence-electron chi connectivity index (χ3n) is 8.37. The molecule has 0 saturated carbocycles. The van der Waals surface area contributed by atoms with Crippen LogP contribution in [0.15, 0.2) is 116 Å². The Hall–Kier alpha value is -5.50. The lowest BCUT2D eigenvalue weighted by atomic mass is 10.0. The Morgan fingerprint density at radius 1 is 0.792 bits per heavy atom. The fourth-order valence-electron chi connectivity index (χ4n) is 6.03. The first-order chi connectivity index (χ1) is 23.2. The molecule has 2 aromatic heterocycles. The first-order valence-electron chi connectivity index (χ1n) is 16.4. The van der Waals surface area contributed by atoms with Gasteiger partial charge in [-0.15, -0.1) is 0 Å². The highest BCUT2D eigenvalue weighted by atomic mass is 16.6. The summed E-state index contributed by atoms with van der Waals surface area (Å²) in [5.74, 6) is -0.143. The van der Waals surface area contributed by atoms with Gasteiger partial charge in [0.1, 0.15) is 11.6 Å². The van der Waals surface area contributed by atoms with Crippen LogP contribution in [0.4, 0.5) is 16.2 Å². The molecule has 244 valence electrons. The minimum Gasteiger partial charge on any atom is -0.444 e. The molecule has 0 spiro atoms. The Morgan fingerprint density at radius 2 is 1.42 bits per heavy atom. The SMILES string of the molecule is CC(C)(C)OC(=O)N[C@@H](Cc1ccccc1)C(=O)N1CCc2ccc(-c3ccncc3)cc21.c1cc(-c2ccc3c(c2)NCC3)ccn1.